The van der Waals surface area contributed by atoms with Gasteiger partial charge in [0.1, 0.15) is 23.2 Å². The van der Waals surface area contributed by atoms with Crippen LogP contribution < -0.4 is 15.5 Å². The maximum absolute atomic E-state index is 12.1. The predicted octanol–water partition coefficient (Wildman–Crippen LogP) is 2.91. The van der Waals surface area contributed by atoms with Gasteiger partial charge < -0.3 is 14.5 Å². The van der Waals surface area contributed by atoms with Gasteiger partial charge in [-0.2, -0.15) is 0 Å². The molecule has 4 nitrogen and oxygen atoms in total. The van der Waals surface area contributed by atoms with E-state index in [0.717, 1.165) is 43.9 Å². The summed E-state index contributed by atoms with van der Waals surface area (Å²) in [5.41, 5.74) is 0.630. The number of benzene rings is 1. The molecule has 114 valence electrons. The molecule has 0 spiro atoms. The fourth-order valence-electron chi connectivity index (χ4n) is 2.54. The van der Waals surface area contributed by atoms with Gasteiger partial charge >= 0.3 is 0 Å². The standard InChI is InChI=1S/C16H19NO3.ClH/c1-2-11-10-15(18)14-9-13(3-4-16(14)20-11)19-12-5-7-17-8-6-12;/h3-4,9-10,12,17H,2,5-8H2,1H3;1H. The summed E-state index contributed by atoms with van der Waals surface area (Å²) in [7, 11) is 0. The summed E-state index contributed by atoms with van der Waals surface area (Å²) in [6.07, 6.45) is 2.96. The molecular formula is C16H20ClNO3. The largest absolute Gasteiger partial charge is 0.490 e. The monoisotopic (exact) mass is 309 g/mol. The van der Waals surface area contributed by atoms with Crippen molar-refractivity contribution in [3.63, 3.8) is 0 Å². The molecule has 1 N–H and O–H groups in total. The van der Waals surface area contributed by atoms with Crippen molar-refractivity contribution in [1.82, 2.24) is 5.32 Å². The van der Waals surface area contributed by atoms with Crippen molar-refractivity contribution in [2.75, 3.05) is 13.1 Å². The van der Waals surface area contributed by atoms with Crippen LogP contribution in [0.25, 0.3) is 11.0 Å². The van der Waals surface area contributed by atoms with Crippen LogP contribution in [0.2, 0.25) is 0 Å². The number of nitrogens with one attached hydrogen (secondary N) is 1. The van der Waals surface area contributed by atoms with Crippen LogP contribution in [-0.4, -0.2) is 19.2 Å². The Labute approximate surface area is 129 Å². The molecule has 1 aromatic heterocycles. The van der Waals surface area contributed by atoms with Crippen LogP contribution in [0, 0.1) is 0 Å². The van der Waals surface area contributed by atoms with Gasteiger partial charge in [0.2, 0.25) is 0 Å². The fraction of sp³-hybridized carbons (Fsp3) is 0.438. The van der Waals surface area contributed by atoms with Gasteiger partial charge in [-0.25, -0.2) is 0 Å². The summed E-state index contributed by atoms with van der Waals surface area (Å²) in [5.74, 6) is 1.47. The summed E-state index contributed by atoms with van der Waals surface area (Å²) < 4.78 is 11.6. The van der Waals surface area contributed by atoms with E-state index in [9.17, 15) is 4.79 Å². The van der Waals surface area contributed by atoms with Crippen LogP contribution >= 0.6 is 12.4 Å². The maximum atomic E-state index is 12.1. The van der Waals surface area contributed by atoms with Gasteiger partial charge in [-0.15, -0.1) is 12.4 Å². The van der Waals surface area contributed by atoms with E-state index >= 15 is 0 Å². The molecule has 3 rings (SSSR count). The average molecular weight is 310 g/mol. The minimum Gasteiger partial charge on any atom is -0.490 e. The van der Waals surface area contributed by atoms with E-state index in [0.29, 0.717) is 11.0 Å². The molecule has 5 heteroatoms. The minimum absolute atomic E-state index is 0. The number of fused-ring (bicyclic) bond motifs is 1. The molecular weight excluding hydrogens is 290 g/mol. The lowest BCUT2D eigenvalue weighted by Crippen LogP contribution is -2.34. The van der Waals surface area contributed by atoms with Gasteiger partial charge in [-0.05, 0) is 44.1 Å². The summed E-state index contributed by atoms with van der Waals surface area (Å²) in [5, 5.41) is 3.90. The molecule has 0 atom stereocenters. The summed E-state index contributed by atoms with van der Waals surface area (Å²) in [6, 6.07) is 7.07. The zero-order valence-corrected chi connectivity index (χ0v) is 12.9. The highest BCUT2D eigenvalue weighted by Gasteiger charge is 2.15. The third kappa shape index (κ3) is 3.57. The van der Waals surface area contributed by atoms with Crippen molar-refractivity contribution in [1.29, 1.82) is 0 Å². The van der Waals surface area contributed by atoms with Gasteiger partial charge in [0, 0.05) is 12.5 Å². The van der Waals surface area contributed by atoms with Gasteiger partial charge in [-0.1, -0.05) is 6.92 Å². The summed E-state index contributed by atoms with van der Waals surface area (Å²) >= 11 is 0. The highest BCUT2D eigenvalue weighted by Crippen LogP contribution is 2.22. The van der Waals surface area contributed by atoms with Gasteiger partial charge in [-0.3, -0.25) is 4.79 Å². The third-order valence-corrected chi connectivity index (χ3v) is 3.69. The van der Waals surface area contributed by atoms with E-state index in [2.05, 4.69) is 5.32 Å². The molecule has 0 radical (unpaired) electrons. The number of hydrogen-bond donors (Lipinski definition) is 1. The van der Waals surface area contributed by atoms with E-state index < -0.39 is 0 Å². The van der Waals surface area contributed by atoms with Crippen LogP contribution in [0.3, 0.4) is 0 Å². The first kappa shape index (κ1) is 15.9. The average Bonchev–Trinajstić information content (AvgIpc) is 2.48. The highest BCUT2D eigenvalue weighted by atomic mass is 35.5. The van der Waals surface area contributed by atoms with Gasteiger partial charge in [0.05, 0.1) is 5.39 Å². The molecule has 21 heavy (non-hydrogen) atoms. The van der Waals surface area contributed by atoms with Crippen LogP contribution in [0.15, 0.2) is 33.5 Å². The zero-order chi connectivity index (χ0) is 13.9. The molecule has 0 bridgehead atoms. The smallest absolute Gasteiger partial charge is 0.193 e. The second-order valence-corrected chi connectivity index (χ2v) is 5.16. The number of halogens is 1. The third-order valence-electron chi connectivity index (χ3n) is 3.69. The molecule has 0 amide bonds. The van der Waals surface area contributed by atoms with Crippen LogP contribution in [0.4, 0.5) is 0 Å². The first-order valence-electron chi connectivity index (χ1n) is 7.20. The summed E-state index contributed by atoms with van der Waals surface area (Å²) in [4.78, 5) is 12.1. The van der Waals surface area contributed by atoms with Crippen molar-refractivity contribution in [3.8, 4) is 5.75 Å². The first-order chi connectivity index (χ1) is 9.76. The van der Waals surface area contributed by atoms with Crippen LogP contribution in [0.1, 0.15) is 25.5 Å². The summed E-state index contributed by atoms with van der Waals surface area (Å²) in [6.45, 7) is 3.94. The van der Waals surface area contributed by atoms with Crippen molar-refractivity contribution in [3.05, 3.63) is 40.2 Å². The Bertz CT molecular complexity index is 662. The molecule has 2 heterocycles. The number of rotatable bonds is 3. The number of ether oxygens (including phenoxy) is 1. The maximum Gasteiger partial charge on any atom is 0.193 e. The van der Waals surface area contributed by atoms with Crippen LogP contribution in [0.5, 0.6) is 5.75 Å². The Morgan fingerprint density at radius 2 is 2.05 bits per heavy atom. The van der Waals surface area contributed by atoms with Crippen molar-refractivity contribution in [2.24, 2.45) is 0 Å². The number of hydrogen-bond acceptors (Lipinski definition) is 4. The van der Waals surface area contributed by atoms with Gasteiger partial charge in [0.15, 0.2) is 5.43 Å². The van der Waals surface area contributed by atoms with Crippen LogP contribution in [-0.2, 0) is 6.42 Å². The second kappa shape index (κ2) is 6.96. The van der Waals surface area contributed by atoms with E-state index in [4.69, 9.17) is 9.15 Å². The highest BCUT2D eigenvalue weighted by molar-refractivity contribution is 5.85. The van der Waals surface area contributed by atoms with E-state index in [-0.39, 0.29) is 23.9 Å². The predicted molar refractivity (Wildman–Crippen MR) is 85.6 cm³/mol. The molecule has 0 unspecified atom stereocenters. The molecule has 0 aliphatic carbocycles. The Morgan fingerprint density at radius 1 is 1.29 bits per heavy atom. The topological polar surface area (TPSA) is 51.5 Å². The molecule has 1 aliphatic heterocycles. The SMILES string of the molecule is CCc1cc(=O)c2cc(OC3CCNCC3)ccc2o1.Cl. The minimum atomic E-state index is -0.00105. The molecule has 1 fully saturated rings. The lowest BCUT2D eigenvalue weighted by atomic mass is 10.1. The van der Waals surface area contributed by atoms with Crippen molar-refractivity contribution >= 4 is 23.4 Å². The van der Waals surface area contributed by atoms with Gasteiger partial charge in [0.25, 0.3) is 0 Å². The Balaban J connectivity index is 0.00000161. The lowest BCUT2D eigenvalue weighted by Gasteiger charge is -2.23. The molecule has 1 saturated heterocycles. The Kier molecular flexibility index (Phi) is 5.26. The van der Waals surface area contributed by atoms with E-state index in [1.54, 1.807) is 12.1 Å². The van der Waals surface area contributed by atoms with E-state index in [1.807, 2.05) is 19.1 Å². The lowest BCUT2D eigenvalue weighted by molar-refractivity contribution is 0.162. The van der Waals surface area contributed by atoms with E-state index in [1.165, 1.54) is 0 Å². The Hall–Kier alpha value is -1.52. The normalized spacial score (nSPS) is 15.7. The first-order valence-corrected chi connectivity index (χ1v) is 7.20. The van der Waals surface area contributed by atoms with Crippen molar-refractivity contribution in [2.45, 2.75) is 32.3 Å². The number of aryl methyl sites for hydroxylation is 1. The zero-order valence-electron chi connectivity index (χ0n) is 12.1. The Morgan fingerprint density at radius 3 is 2.76 bits per heavy atom. The molecule has 1 aliphatic rings. The fourth-order valence-corrected chi connectivity index (χ4v) is 2.54. The van der Waals surface area contributed by atoms with Crippen molar-refractivity contribution < 1.29 is 9.15 Å². The quantitative estimate of drug-likeness (QED) is 0.947. The second-order valence-electron chi connectivity index (χ2n) is 5.16. The molecule has 1 aromatic carbocycles. The molecule has 0 saturated carbocycles. The molecule has 2 aromatic rings. The number of piperidine rings is 1.